The number of nitrogens with one attached hydrogen (secondary N) is 2. The fourth-order valence-corrected chi connectivity index (χ4v) is 6.30. The summed E-state index contributed by atoms with van der Waals surface area (Å²) >= 11 is 6.90. The van der Waals surface area contributed by atoms with Gasteiger partial charge in [-0.3, -0.25) is 10.0 Å². The molecule has 0 aromatic heterocycles. The van der Waals surface area contributed by atoms with Crippen molar-refractivity contribution in [2.75, 3.05) is 0 Å². The molecular weight excluding hydrogens is 336 g/mol. The molecule has 5 rings (SSSR count). The number of amides is 1. The predicted molar refractivity (Wildman–Crippen MR) is 98.2 cm³/mol. The minimum absolute atomic E-state index is 0.0407. The van der Waals surface area contributed by atoms with Crippen LogP contribution in [0.5, 0.6) is 0 Å². The third-order valence-corrected chi connectivity index (χ3v) is 6.62. The van der Waals surface area contributed by atoms with E-state index in [1.165, 1.54) is 43.7 Å². The van der Waals surface area contributed by atoms with Crippen LogP contribution < -0.4 is 10.8 Å². The Morgan fingerprint density at radius 1 is 1.20 bits per heavy atom. The molecule has 5 heteroatoms. The maximum absolute atomic E-state index is 11.0. The number of carbonyl (C=O) groups excluding carboxylic acids is 1. The van der Waals surface area contributed by atoms with Crippen LogP contribution in [0.25, 0.3) is 6.08 Å². The summed E-state index contributed by atoms with van der Waals surface area (Å²) in [7, 11) is 0. The van der Waals surface area contributed by atoms with Gasteiger partial charge in [-0.15, -0.1) is 11.6 Å². The third-order valence-electron chi connectivity index (χ3n) is 6.17. The fourth-order valence-electron chi connectivity index (χ4n) is 5.60. The zero-order valence-electron chi connectivity index (χ0n) is 14.3. The van der Waals surface area contributed by atoms with Gasteiger partial charge in [0.25, 0.3) is 5.91 Å². The SMILES string of the molecule is O=C(/C=C/c1ccc(CNC23CC4CC(CC(Cl)(C4)C2)C3)cc1)NO. The number of hydrogen-bond donors (Lipinski definition) is 3. The van der Waals surface area contributed by atoms with Gasteiger partial charge >= 0.3 is 0 Å². The minimum atomic E-state index is -0.525. The molecule has 4 aliphatic carbocycles. The lowest BCUT2D eigenvalue weighted by molar-refractivity contribution is -0.124. The van der Waals surface area contributed by atoms with E-state index in [0.717, 1.165) is 30.4 Å². The monoisotopic (exact) mass is 360 g/mol. The Hall–Kier alpha value is -1.36. The van der Waals surface area contributed by atoms with E-state index >= 15 is 0 Å². The van der Waals surface area contributed by atoms with Crippen LogP contribution in [-0.4, -0.2) is 21.5 Å². The Kier molecular flexibility index (Phi) is 4.38. The molecule has 4 fully saturated rings. The van der Waals surface area contributed by atoms with Crippen molar-refractivity contribution >= 4 is 23.6 Å². The Bertz CT molecular complexity index is 671. The number of rotatable bonds is 5. The van der Waals surface area contributed by atoms with Crippen molar-refractivity contribution in [2.45, 2.75) is 55.5 Å². The summed E-state index contributed by atoms with van der Waals surface area (Å²) in [5.41, 5.74) is 3.98. The van der Waals surface area contributed by atoms with Crippen LogP contribution in [0.3, 0.4) is 0 Å². The molecule has 2 atom stereocenters. The Morgan fingerprint density at radius 2 is 1.88 bits per heavy atom. The first-order valence-corrected chi connectivity index (χ1v) is 9.50. The second kappa shape index (κ2) is 6.42. The van der Waals surface area contributed by atoms with Gasteiger partial charge in [0.1, 0.15) is 0 Å². The maximum atomic E-state index is 11.0. The van der Waals surface area contributed by atoms with Crippen LogP contribution in [0.1, 0.15) is 49.7 Å². The lowest BCUT2D eigenvalue weighted by Gasteiger charge is -2.60. The molecule has 0 saturated heterocycles. The van der Waals surface area contributed by atoms with Crippen LogP contribution in [0.15, 0.2) is 30.3 Å². The smallest absolute Gasteiger partial charge is 0.267 e. The van der Waals surface area contributed by atoms with Gasteiger partial charge in [0.15, 0.2) is 0 Å². The van der Waals surface area contributed by atoms with E-state index in [9.17, 15) is 4.79 Å². The summed E-state index contributed by atoms with van der Waals surface area (Å²) in [5.74, 6) is 1.08. The second-order valence-electron chi connectivity index (χ2n) is 8.30. The van der Waals surface area contributed by atoms with Gasteiger partial charge in [-0.1, -0.05) is 24.3 Å². The highest BCUT2D eigenvalue weighted by atomic mass is 35.5. The van der Waals surface area contributed by atoms with Gasteiger partial charge in [0.2, 0.25) is 0 Å². The highest BCUT2D eigenvalue weighted by molar-refractivity contribution is 6.24. The molecule has 1 aromatic carbocycles. The number of hydrogen-bond acceptors (Lipinski definition) is 3. The van der Waals surface area contributed by atoms with Crippen molar-refractivity contribution in [3.05, 3.63) is 41.5 Å². The van der Waals surface area contributed by atoms with Crippen LogP contribution in [-0.2, 0) is 11.3 Å². The van der Waals surface area contributed by atoms with E-state index in [0.29, 0.717) is 0 Å². The zero-order valence-corrected chi connectivity index (χ0v) is 15.1. The maximum Gasteiger partial charge on any atom is 0.267 e. The Labute approximate surface area is 153 Å². The first-order valence-electron chi connectivity index (χ1n) is 9.13. The van der Waals surface area contributed by atoms with Crippen LogP contribution in [0.4, 0.5) is 0 Å². The number of carbonyl (C=O) groups is 1. The normalized spacial score (nSPS) is 36.1. The molecule has 0 radical (unpaired) electrons. The number of benzene rings is 1. The average molecular weight is 361 g/mol. The van der Waals surface area contributed by atoms with E-state index < -0.39 is 5.91 Å². The van der Waals surface area contributed by atoms with Gasteiger partial charge in [-0.25, -0.2) is 5.48 Å². The molecular formula is C20H25ClN2O2. The molecule has 4 saturated carbocycles. The van der Waals surface area contributed by atoms with Gasteiger partial charge < -0.3 is 5.32 Å². The molecule has 4 aliphatic rings. The lowest BCUT2D eigenvalue weighted by atomic mass is 9.52. The predicted octanol–water partition coefficient (Wildman–Crippen LogP) is 3.63. The van der Waals surface area contributed by atoms with Crippen molar-refractivity contribution in [2.24, 2.45) is 11.8 Å². The van der Waals surface area contributed by atoms with Gasteiger partial charge in [-0.05, 0) is 67.6 Å². The zero-order chi connectivity index (χ0) is 17.5. The summed E-state index contributed by atoms with van der Waals surface area (Å²) in [4.78, 5) is 11.1. The molecule has 134 valence electrons. The summed E-state index contributed by atoms with van der Waals surface area (Å²) in [6.07, 6.45) is 10.4. The molecule has 0 heterocycles. The van der Waals surface area contributed by atoms with Gasteiger partial charge in [0.05, 0.1) is 0 Å². The number of halogens is 1. The van der Waals surface area contributed by atoms with E-state index in [2.05, 4.69) is 17.4 Å². The Balaban J connectivity index is 1.39. The molecule has 0 spiro atoms. The van der Waals surface area contributed by atoms with Crippen molar-refractivity contribution in [1.29, 1.82) is 0 Å². The first-order chi connectivity index (χ1) is 12.0. The average Bonchev–Trinajstić information content (AvgIpc) is 2.56. The number of alkyl halides is 1. The summed E-state index contributed by atoms with van der Waals surface area (Å²) < 4.78 is 0. The van der Waals surface area contributed by atoms with Crippen LogP contribution >= 0.6 is 11.6 Å². The van der Waals surface area contributed by atoms with Gasteiger partial charge in [0, 0.05) is 23.0 Å². The first kappa shape index (κ1) is 17.1. The second-order valence-corrected chi connectivity index (χ2v) is 9.10. The van der Waals surface area contributed by atoms with Crippen molar-refractivity contribution in [1.82, 2.24) is 10.8 Å². The fraction of sp³-hybridized carbons (Fsp3) is 0.550. The largest absolute Gasteiger partial charge is 0.307 e. The van der Waals surface area contributed by atoms with Gasteiger partial charge in [-0.2, -0.15) is 0 Å². The van der Waals surface area contributed by atoms with Crippen LogP contribution in [0.2, 0.25) is 0 Å². The minimum Gasteiger partial charge on any atom is -0.307 e. The highest BCUT2D eigenvalue weighted by Gasteiger charge is 2.56. The molecule has 2 unspecified atom stereocenters. The molecule has 4 bridgehead atoms. The number of hydroxylamine groups is 1. The Morgan fingerprint density at radius 3 is 2.48 bits per heavy atom. The molecule has 3 N–H and O–H groups in total. The van der Waals surface area contributed by atoms with Crippen molar-refractivity contribution < 1.29 is 10.0 Å². The summed E-state index contributed by atoms with van der Waals surface area (Å²) in [5, 5.41) is 12.3. The molecule has 1 amide bonds. The molecule has 0 aliphatic heterocycles. The van der Waals surface area contributed by atoms with E-state index in [4.69, 9.17) is 16.8 Å². The van der Waals surface area contributed by atoms with Crippen LogP contribution in [0, 0.1) is 11.8 Å². The highest BCUT2D eigenvalue weighted by Crippen LogP contribution is 2.60. The van der Waals surface area contributed by atoms with E-state index in [1.807, 2.05) is 12.1 Å². The lowest BCUT2D eigenvalue weighted by Crippen LogP contribution is -2.62. The standard InChI is InChI=1S/C20H25ClN2O2/c21-19-8-16-7-17(9-19)11-20(10-16,13-19)22-12-15-3-1-14(2-4-15)5-6-18(24)23-25/h1-6,16-17,22,25H,7-13H2,(H,23,24)/b6-5+. The quantitative estimate of drug-likeness (QED) is 0.325. The van der Waals surface area contributed by atoms with E-state index in [1.54, 1.807) is 11.6 Å². The van der Waals surface area contributed by atoms with Crippen molar-refractivity contribution in [3.8, 4) is 0 Å². The van der Waals surface area contributed by atoms with Crippen molar-refractivity contribution in [3.63, 3.8) is 0 Å². The summed E-state index contributed by atoms with van der Waals surface area (Å²) in [6.45, 7) is 0.855. The van der Waals surface area contributed by atoms with E-state index in [-0.39, 0.29) is 10.4 Å². The molecule has 25 heavy (non-hydrogen) atoms. The topological polar surface area (TPSA) is 61.4 Å². The molecule has 1 aromatic rings. The summed E-state index contributed by atoms with van der Waals surface area (Å²) in [6, 6.07) is 8.14. The third kappa shape index (κ3) is 3.62. The molecule has 4 nitrogen and oxygen atoms in total.